The fraction of sp³-hybridized carbons (Fsp3) is 0.0769. The summed E-state index contributed by atoms with van der Waals surface area (Å²) in [4.78, 5) is -0.613. The van der Waals surface area contributed by atoms with Gasteiger partial charge in [-0.15, -0.1) is 13.2 Å². The van der Waals surface area contributed by atoms with Gasteiger partial charge < -0.3 is 4.74 Å². The average molecular weight is 516 g/mol. The van der Waals surface area contributed by atoms with Gasteiger partial charge >= 0.3 is 6.36 Å². The second-order valence-electron chi connectivity index (χ2n) is 4.33. The molecule has 13 heteroatoms. The Kier molecular flexibility index (Phi) is 7.78. The van der Waals surface area contributed by atoms with Crippen LogP contribution in [0, 0.1) is 0 Å². The first-order valence-corrected chi connectivity index (χ1v) is 11.6. The van der Waals surface area contributed by atoms with Crippen molar-refractivity contribution in [2.45, 2.75) is 16.2 Å². The van der Waals surface area contributed by atoms with Crippen LogP contribution in [-0.4, -0.2) is 23.2 Å². The molecule has 0 fully saturated rings. The zero-order chi connectivity index (χ0) is 20.2. The minimum atomic E-state index is -4.96. The molecule has 0 bridgehead atoms. The molecule has 2 aromatic rings. The van der Waals surface area contributed by atoms with Crippen LogP contribution in [0.2, 0.25) is 0 Å². The molecule has 0 saturated carbocycles. The number of ether oxygens (including phenoxy) is 1. The van der Waals surface area contributed by atoms with Crippen molar-refractivity contribution in [3.05, 3.63) is 53.0 Å². The number of para-hydroxylation sites is 1. The lowest BCUT2D eigenvalue weighted by molar-refractivity contribution is -0.275. The van der Waals surface area contributed by atoms with Gasteiger partial charge in [-0.3, -0.25) is 0 Å². The Balaban J connectivity index is 0.000000273. The molecule has 0 saturated heterocycles. The lowest BCUT2D eigenvalue weighted by atomic mass is 10.3. The third kappa shape index (κ3) is 8.12. The molecule has 0 N–H and O–H groups in total. The molecule has 0 aliphatic heterocycles. The Morgan fingerprint density at radius 2 is 1.46 bits per heavy atom. The molecule has 0 amide bonds. The lowest BCUT2D eigenvalue weighted by Crippen LogP contribution is -2.18. The third-order valence-corrected chi connectivity index (χ3v) is 5.62. The normalized spacial score (nSPS) is 12.1. The topological polar surface area (TPSA) is 77.5 Å². The maximum atomic E-state index is 11.8. The van der Waals surface area contributed by atoms with Crippen LogP contribution in [0.3, 0.4) is 0 Å². The molecule has 0 spiro atoms. The van der Waals surface area contributed by atoms with Crippen molar-refractivity contribution >= 4 is 55.4 Å². The number of hydrogen-bond donors (Lipinski definition) is 0. The van der Waals surface area contributed by atoms with Gasteiger partial charge in [0, 0.05) is 25.8 Å². The molecule has 0 unspecified atom stereocenters. The zero-order valence-electron chi connectivity index (χ0n) is 12.2. The van der Waals surface area contributed by atoms with Crippen LogP contribution < -0.4 is 4.74 Å². The van der Waals surface area contributed by atoms with Crippen LogP contribution >= 0.6 is 37.3 Å². The molecule has 5 nitrogen and oxygen atoms in total. The van der Waals surface area contributed by atoms with Crippen molar-refractivity contribution in [1.29, 1.82) is 0 Å². The van der Waals surface area contributed by atoms with Gasteiger partial charge in [-0.2, -0.15) is 0 Å². The molecule has 2 aromatic carbocycles. The maximum Gasteiger partial charge on any atom is 0.573 e. The summed E-state index contributed by atoms with van der Waals surface area (Å²) in [5.74, 6) is -0.847. The molecule has 0 atom stereocenters. The van der Waals surface area contributed by atoms with Crippen molar-refractivity contribution in [3.8, 4) is 5.75 Å². The Morgan fingerprint density at radius 3 is 1.88 bits per heavy atom. The van der Waals surface area contributed by atoms with E-state index in [1.807, 2.05) is 0 Å². The zero-order valence-corrected chi connectivity index (χ0v) is 17.0. The van der Waals surface area contributed by atoms with Crippen molar-refractivity contribution < 1.29 is 34.7 Å². The van der Waals surface area contributed by atoms with Crippen LogP contribution in [-0.2, 0) is 18.1 Å². The molecule has 2 rings (SSSR count). The summed E-state index contributed by atoms with van der Waals surface area (Å²) in [6.45, 7) is 0. The summed E-state index contributed by atoms with van der Waals surface area (Å²) in [6, 6.07) is 10.4. The minimum Gasteiger partial charge on any atom is -0.404 e. The van der Waals surface area contributed by atoms with Crippen LogP contribution in [0.5, 0.6) is 5.75 Å². The van der Waals surface area contributed by atoms with Crippen molar-refractivity contribution in [2.24, 2.45) is 0 Å². The van der Waals surface area contributed by atoms with Gasteiger partial charge in [0.1, 0.15) is 10.6 Å². The van der Waals surface area contributed by atoms with E-state index in [0.717, 1.165) is 12.1 Å². The van der Waals surface area contributed by atoms with Crippen molar-refractivity contribution in [2.75, 3.05) is 0 Å². The van der Waals surface area contributed by atoms with E-state index in [2.05, 4.69) is 20.7 Å². The van der Waals surface area contributed by atoms with Gasteiger partial charge in [0.05, 0.1) is 4.90 Å². The van der Waals surface area contributed by atoms with E-state index in [4.69, 9.17) is 21.4 Å². The molecule has 0 aromatic heterocycles. The fourth-order valence-electron chi connectivity index (χ4n) is 1.48. The summed E-state index contributed by atoms with van der Waals surface area (Å²) < 4.78 is 82.9. The van der Waals surface area contributed by atoms with E-state index in [1.54, 1.807) is 12.1 Å². The van der Waals surface area contributed by atoms with Gasteiger partial charge in [0.15, 0.2) is 0 Å². The van der Waals surface area contributed by atoms with E-state index in [-0.39, 0.29) is 4.90 Å². The number of hydrogen-bond acceptors (Lipinski definition) is 5. The Morgan fingerprint density at radius 1 is 0.885 bits per heavy atom. The summed E-state index contributed by atoms with van der Waals surface area (Å²) in [7, 11) is 2.16. The van der Waals surface area contributed by atoms with Crippen LogP contribution in [0.4, 0.5) is 13.2 Å². The molecule has 144 valence electrons. The number of halogens is 6. The summed E-state index contributed by atoms with van der Waals surface area (Å²) in [6.07, 6.45) is -4.96. The number of rotatable bonds is 3. The molecule has 0 heterocycles. The molecule has 26 heavy (non-hydrogen) atoms. The van der Waals surface area contributed by atoms with Crippen LogP contribution in [0.15, 0.2) is 62.8 Å². The third-order valence-electron chi connectivity index (χ3n) is 2.42. The Labute approximate surface area is 164 Å². The molecular formula is C13H8BrCl2F3O5S2. The van der Waals surface area contributed by atoms with Crippen molar-refractivity contribution in [1.82, 2.24) is 0 Å². The standard InChI is InChI=1S/C7H4ClF3O3S.C6H4BrClO2S/c8-15(12,13)6-4-2-1-3-5(6)14-7(9,10)11;7-5-2-1-3-6(4-5)11(8,9)10/h1-4H;1-4H. The average Bonchev–Trinajstić information content (AvgIpc) is 2.45. The van der Waals surface area contributed by atoms with Gasteiger partial charge in [-0.05, 0) is 30.3 Å². The monoisotopic (exact) mass is 514 g/mol. The van der Waals surface area contributed by atoms with Gasteiger partial charge in [0.2, 0.25) is 0 Å². The van der Waals surface area contributed by atoms with Gasteiger partial charge in [-0.1, -0.05) is 34.1 Å². The van der Waals surface area contributed by atoms with Crippen LogP contribution in [0.25, 0.3) is 0 Å². The SMILES string of the molecule is O=S(=O)(Cl)c1cccc(Br)c1.O=S(=O)(Cl)c1ccccc1OC(F)(F)F. The fourth-order valence-corrected chi connectivity index (χ4v) is 3.80. The van der Waals surface area contributed by atoms with E-state index in [1.165, 1.54) is 24.3 Å². The first kappa shape index (κ1) is 23.0. The second kappa shape index (κ2) is 8.79. The van der Waals surface area contributed by atoms with Gasteiger partial charge in [-0.25, -0.2) is 16.8 Å². The highest BCUT2D eigenvalue weighted by molar-refractivity contribution is 9.10. The first-order valence-electron chi connectivity index (χ1n) is 6.20. The molecule has 0 aliphatic rings. The van der Waals surface area contributed by atoms with E-state index in [9.17, 15) is 30.0 Å². The molecule has 0 aliphatic carbocycles. The highest BCUT2D eigenvalue weighted by Crippen LogP contribution is 2.31. The number of benzene rings is 2. The van der Waals surface area contributed by atoms with Crippen molar-refractivity contribution in [3.63, 3.8) is 0 Å². The van der Waals surface area contributed by atoms with Gasteiger partial charge in [0.25, 0.3) is 18.1 Å². The Hall–Kier alpha value is -1.01. The second-order valence-corrected chi connectivity index (χ2v) is 10.3. The van der Waals surface area contributed by atoms with E-state index in [0.29, 0.717) is 4.47 Å². The maximum absolute atomic E-state index is 11.8. The van der Waals surface area contributed by atoms with E-state index >= 15 is 0 Å². The highest BCUT2D eigenvalue weighted by atomic mass is 79.9. The quantitative estimate of drug-likeness (QED) is 0.544. The highest BCUT2D eigenvalue weighted by Gasteiger charge is 2.33. The Bertz CT molecular complexity index is 979. The van der Waals surface area contributed by atoms with Crippen LogP contribution in [0.1, 0.15) is 0 Å². The minimum absolute atomic E-state index is 0.105. The molecule has 0 radical (unpaired) electrons. The smallest absolute Gasteiger partial charge is 0.404 e. The summed E-state index contributed by atoms with van der Waals surface area (Å²) >= 11 is 3.13. The summed E-state index contributed by atoms with van der Waals surface area (Å²) in [5.41, 5.74) is 0. The number of alkyl halides is 3. The first-order chi connectivity index (χ1) is 11.7. The summed E-state index contributed by atoms with van der Waals surface area (Å²) in [5, 5.41) is 0. The lowest BCUT2D eigenvalue weighted by Gasteiger charge is -2.10. The predicted molar refractivity (Wildman–Crippen MR) is 93.3 cm³/mol. The predicted octanol–water partition coefficient (Wildman–Crippen LogP) is 4.89. The van der Waals surface area contributed by atoms with E-state index < -0.39 is 35.1 Å². The molecular weight excluding hydrogens is 508 g/mol. The largest absolute Gasteiger partial charge is 0.573 e.